The Labute approximate surface area is 216 Å². The van der Waals surface area contributed by atoms with Gasteiger partial charge in [0.2, 0.25) is 0 Å². The van der Waals surface area contributed by atoms with Crippen molar-refractivity contribution in [3.05, 3.63) is 12.7 Å². The number of nitrogens with zero attached hydrogens (tertiary/aromatic N) is 4. The van der Waals surface area contributed by atoms with Gasteiger partial charge >= 0.3 is 13.9 Å². The molecule has 2 amide bonds. The van der Waals surface area contributed by atoms with Crippen LogP contribution in [0.2, 0.25) is 0 Å². The van der Waals surface area contributed by atoms with E-state index in [0.29, 0.717) is 22.8 Å². The first-order chi connectivity index (χ1) is 17.7. The summed E-state index contributed by atoms with van der Waals surface area (Å²) in [6.07, 6.45) is 0.851. The number of aliphatic hydroxyl groups is 2. The van der Waals surface area contributed by atoms with E-state index in [0.717, 1.165) is 25.0 Å². The molecule has 0 bridgehead atoms. The number of hydrogen-bond donors (Lipinski definition) is 6. The summed E-state index contributed by atoms with van der Waals surface area (Å²) in [7, 11) is -4.40. The molecular formula is C20H30N7O8PS. The van der Waals surface area contributed by atoms with Gasteiger partial charge in [-0.3, -0.25) is 13.6 Å². The SMILES string of the molecule is Nc1ncnc2c1ncn2[C@@H]1O[C@H](COP(=O)(O)OCCCCCC2SCC3NC(=O)NC32)[C@@H](O)[C@H]1O. The molecule has 0 spiro atoms. The van der Waals surface area contributed by atoms with Crippen molar-refractivity contribution in [3.8, 4) is 0 Å². The van der Waals surface area contributed by atoms with Crippen molar-refractivity contribution >= 4 is 42.6 Å². The molecule has 3 aliphatic heterocycles. The Kier molecular flexibility index (Phi) is 7.88. The van der Waals surface area contributed by atoms with Gasteiger partial charge in [-0.1, -0.05) is 12.8 Å². The summed E-state index contributed by atoms with van der Waals surface area (Å²) in [6, 6.07) is 0.238. The minimum Gasteiger partial charge on any atom is -0.387 e. The fraction of sp³-hybridized carbons (Fsp3) is 0.700. The number of fused-ring (bicyclic) bond motifs is 2. The molecule has 0 saturated carbocycles. The van der Waals surface area contributed by atoms with Crippen molar-refractivity contribution in [1.29, 1.82) is 0 Å². The molecule has 17 heteroatoms. The number of thioether (sulfide) groups is 1. The smallest absolute Gasteiger partial charge is 0.387 e. The van der Waals surface area contributed by atoms with E-state index in [4.69, 9.17) is 19.5 Å². The zero-order valence-electron chi connectivity index (χ0n) is 19.8. The highest BCUT2D eigenvalue weighted by molar-refractivity contribution is 8.00. The van der Waals surface area contributed by atoms with Gasteiger partial charge in [0.25, 0.3) is 0 Å². The number of nitrogen functional groups attached to an aromatic ring is 1. The van der Waals surface area contributed by atoms with Crippen LogP contribution in [0.1, 0.15) is 31.9 Å². The third-order valence-corrected chi connectivity index (χ3v) is 9.22. The Morgan fingerprint density at radius 2 is 2.03 bits per heavy atom. The number of nitrogens with two attached hydrogens (primary N) is 1. The minimum atomic E-state index is -4.40. The maximum absolute atomic E-state index is 12.3. The number of aromatic nitrogens is 4. The lowest BCUT2D eigenvalue weighted by atomic mass is 10.0. The molecule has 5 rings (SSSR count). The normalized spacial score (nSPS) is 32.8. The second-order valence-electron chi connectivity index (χ2n) is 9.20. The van der Waals surface area contributed by atoms with Gasteiger partial charge in [-0.05, 0) is 12.8 Å². The van der Waals surface area contributed by atoms with Crippen molar-refractivity contribution in [2.24, 2.45) is 0 Å². The average molecular weight is 560 g/mol. The number of carbonyl (C=O) groups is 1. The molecule has 5 heterocycles. The highest BCUT2D eigenvalue weighted by Gasteiger charge is 2.45. The standard InChI is InChI=1S/C20H30N7O8PS/c21-17-14-18(23-8-22-17)27(9-24-14)19-16(29)15(28)11(35-19)6-34-36(31,32)33-5-3-1-2-4-12-13-10(7-37-12)25-20(30)26-13/h8-13,15-16,19,28-29H,1-7H2,(H,31,32)(H2,21,22,23)(H2,25,26,30)/t10?,11-,12?,13?,15-,16-,19-/m1/s1. The summed E-state index contributed by atoms with van der Waals surface area (Å²) < 4.78 is 29.5. The number of carbonyl (C=O) groups excluding carboxylic acids is 1. The van der Waals surface area contributed by atoms with Crippen LogP contribution in [0.15, 0.2) is 12.7 Å². The van der Waals surface area contributed by atoms with Crippen molar-refractivity contribution in [2.45, 2.75) is 67.6 Å². The molecule has 2 aromatic rings. The lowest BCUT2D eigenvalue weighted by molar-refractivity contribution is -0.0514. The molecule has 15 nitrogen and oxygen atoms in total. The molecule has 37 heavy (non-hydrogen) atoms. The molecule has 7 N–H and O–H groups in total. The summed E-state index contributed by atoms with van der Waals surface area (Å²) in [5.41, 5.74) is 6.40. The van der Waals surface area contributed by atoms with Gasteiger partial charge in [0.1, 0.15) is 30.2 Å². The Morgan fingerprint density at radius 1 is 1.19 bits per heavy atom. The molecule has 3 fully saturated rings. The Hall–Kier alpha value is -2.04. The monoisotopic (exact) mass is 559 g/mol. The number of urea groups is 1. The number of anilines is 1. The number of phosphoric ester groups is 1. The van der Waals surface area contributed by atoms with Crippen molar-refractivity contribution < 1.29 is 38.3 Å². The number of phosphoric acid groups is 1. The van der Waals surface area contributed by atoms with Crippen molar-refractivity contribution in [2.75, 3.05) is 24.7 Å². The van der Waals surface area contributed by atoms with E-state index in [-0.39, 0.29) is 30.5 Å². The number of amides is 2. The fourth-order valence-electron chi connectivity index (χ4n) is 4.81. The second kappa shape index (κ2) is 11.0. The van der Waals surface area contributed by atoms with E-state index in [2.05, 4.69) is 25.6 Å². The number of unbranched alkanes of at least 4 members (excludes halogenated alkanes) is 2. The van der Waals surface area contributed by atoms with Crippen LogP contribution in [-0.2, 0) is 18.3 Å². The molecule has 8 atom stereocenters. The largest absolute Gasteiger partial charge is 0.472 e. The fourth-order valence-corrected chi connectivity index (χ4v) is 7.12. The van der Waals surface area contributed by atoms with E-state index in [1.165, 1.54) is 17.2 Å². The highest BCUT2D eigenvalue weighted by Crippen LogP contribution is 2.44. The van der Waals surface area contributed by atoms with Gasteiger partial charge in [-0.2, -0.15) is 11.8 Å². The maximum atomic E-state index is 12.3. The van der Waals surface area contributed by atoms with Crippen LogP contribution in [0.3, 0.4) is 0 Å². The Morgan fingerprint density at radius 3 is 2.86 bits per heavy atom. The summed E-state index contributed by atoms with van der Waals surface area (Å²) >= 11 is 1.84. The second-order valence-corrected chi connectivity index (χ2v) is 11.9. The Balaban J connectivity index is 1.03. The number of rotatable bonds is 11. The maximum Gasteiger partial charge on any atom is 0.472 e. The molecule has 4 unspecified atom stereocenters. The lowest BCUT2D eigenvalue weighted by Crippen LogP contribution is -2.36. The van der Waals surface area contributed by atoms with Gasteiger partial charge in [-0.15, -0.1) is 0 Å². The van der Waals surface area contributed by atoms with Crippen molar-refractivity contribution in [3.63, 3.8) is 0 Å². The lowest BCUT2D eigenvalue weighted by Gasteiger charge is -2.18. The number of hydrogen-bond acceptors (Lipinski definition) is 12. The predicted molar refractivity (Wildman–Crippen MR) is 131 cm³/mol. The van der Waals surface area contributed by atoms with E-state index in [1.54, 1.807) is 0 Å². The average Bonchev–Trinajstić information content (AvgIpc) is 3.60. The molecule has 0 radical (unpaired) electrons. The number of ether oxygens (including phenoxy) is 1. The van der Waals surface area contributed by atoms with Gasteiger partial charge in [0, 0.05) is 11.0 Å². The highest BCUT2D eigenvalue weighted by atomic mass is 32.2. The summed E-state index contributed by atoms with van der Waals surface area (Å²) in [4.78, 5) is 33.5. The predicted octanol–water partition coefficient (Wildman–Crippen LogP) is -0.113. The Bertz CT molecular complexity index is 1170. The zero-order chi connectivity index (χ0) is 26.2. The first kappa shape index (κ1) is 26.6. The van der Waals surface area contributed by atoms with Gasteiger partial charge in [-0.25, -0.2) is 24.3 Å². The van der Waals surface area contributed by atoms with Crippen LogP contribution < -0.4 is 16.4 Å². The van der Waals surface area contributed by atoms with Crippen LogP contribution in [-0.4, -0.2) is 95.3 Å². The molecule has 0 aromatic carbocycles. The third kappa shape index (κ3) is 5.71. The molecule has 0 aliphatic carbocycles. The van der Waals surface area contributed by atoms with Gasteiger partial charge in [0.05, 0.1) is 31.6 Å². The third-order valence-electron chi connectivity index (χ3n) is 6.73. The van der Waals surface area contributed by atoms with E-state index in [9.17, 15) is 24.5 Å². The number of nitrogens with one attached hydrogen (secondary N) is 2. The van der Waals surface area contributed by atoms with E-state index in [1.807, 2.05) is 11.8 Å². The summed E-state index contributed by atoms with van der Waals surface area (Å²) in [5, 5.41) is 27.1. The van der Waals surface area contributed by atoms with Crippen LogP contribution in [0.25, 0.3) is 11.2 Å². The summed E-state index contributed by atoms with van der Waals surface area (Å²) in [6.45, 7) is -0.453. The molecule has 3 aliphatic rings. The first-order valence-electron chi connectivity index (χ1n) is 12.0. The van der Waals surface area contributed by atoms with Gasteiger partial charge in [0.15, 0.2) is 17.7 Å². The molecule has 204 valence electrons. The molecular weight excluding hydrogens is 529 g/mol. The zero-order valence-corrected chi connectivity index (χ0v) is 21.5. The number of aliphatic hydroxyl groups excluding tert-OH is 2. The van der Waals surface area contributed by atoms with E-state index < -0.39 is 39.0 Å². The topological polar surface area (TPSA) is 216 Å². The quantitative estimate of drug-likeness (QED) is 0.120. The van der Waals surface area contributed by atoms with Crippen molar-refractivity contribution in [1.82, 2.24) is 30.2 Å². The van der Waals surface area contributed by atoms with Gasteiger partial charge < -0.3 is 36.2 Å². The molecule has 2 aromatic heterocycles. The summed E-state index contributed by atoms with van der Waals surface area (Å²) in [5.74, 6) is 1.06. The van der Waals surface area contributed by atoms with Crippen LogP contribution in [0.4, 0.5) is 10.6 Å². The van der Waals surface area contributed by atoms with Crippen LogP contribution in [0, 0.1) is 0 Å². The molecule has 3 saturated heterocycles. The van der Waals surface area contributed by atoms with Crippen LogP contribution in [0.5, 0.6) is 0 Å². The number of imidazole rings is 1. The first-order valence-corrected chi connectivity index (χ1v) is 14.5. The minimum absolute atomic E-state index is 0.0252. The van der Waals surface area contributed by atoms with Crippen LogP contribution >= 0.6 is 19.6 Å². The van der Waals surface area contributed by atoms with E-state index >= 15 is 0 Å².